The van der Waals surface area contributed by atoms with Crippen molar-refractivity contribution in [2.45, 2.75) is 13.0 Å². The molecule has 0 amide bonds. The average Bonchev–Trinajstić information content (AvgIpc) is 2.67. The van der Waals surface area contributed by atoms with E-state index in [1.807, 2.05) is 6.26 Å². The molecular formula is C19H24FIN4O2S. The van der Waals surface area contributed by atoms with Gasteiger partial charge in [-0.05, 0) is 35.9 Å². The highest BCUT2D eigenvalue weighted by Gasteiger charge is 2.04. The third-order valence-corrected chi connectivity index (χ3v) is 4.40. The lowest BCUT2D eigenvalue weighted by atomic mass is 10.1. The molecule has 152 valence electrons. The molecule has 0 aromatic heterocycles. The number of hydrogen-bond acceptors (Lipinski definition) is 4. The van der Waals surface area contributed by atoms with E-state index in [2.05, 4.69) is 15.6 Å². The Morgan fingerprint density at radius 1 is 1.07 bits per heavy atom. The second-order valence-corrected chi connectivity index (χ2v) is 6.80. The minimum absolute atomic E-state index is 0. The van der Waals surface area contributed by atoms with Gasteiger partial charge in [0.2, 0.25) is 0 Å². The van der Waals surface area contributed by atoms with E-state index in [-0.39, 0.29) is 35.5 Å². The van der Waals surface area contributed by atoms with E-state index in [9.17, 15) is 14.5 Å². The lowest BCUT2D eigenvalue weighted by molar-refractivity contribution is -0.384. The molecule has 0 fully saturated rings. The summed E-state index contributed by atoms with van der Waals surface area (Å²) in [6.07, 6.45) is 2.79. The topological polar surface area (TPSA) is 79.6 Å². The van der Waals surface area contributed by atoms with Crippen molar-refractivity contribution in [3.05, 3.63) is 75.6 Å². The Balaban J connectivity index is 0.00000392. The molecule has 0 aliphatic rings. The van der Waals surface area contributed by atoms with Crippen LogP contribution in [-0.2, 0) is 13.0 Å². The molecule has 28 heavy (non-hydrogen) atoms. The van der Waals surface area contributed by atoms with Gasteiger partial charge in [0.1, 0.15) is 5.82 Å². The van der Waals surface area contributed by atoms with Gasteiger partial charge >= 0.3 is 0 Å². The molecule has 0 radical (unpaired) electrons. The first kappa shape index (κ1) is 24.2. The molecular weight excluding hydrogens is 494 g/mol. The summed E-state index contributed by atoms with van der Waals surface area (Å²) in [5.74, 6) is 1.40. The summed E-state index contributed by atoms with van der Waals surface area (Å²) in [4.78, 5) is 14.8. The largest absolute Gasteiger partial charge is 0.356 e. The monoisotopic (exact) mass is 518 g/mol. The lowest BCUT2D eigenvalue weighted by Crippen LogP contribution is -2.39. The minimum atomic E-state index is -0.417. The van der Waals surface area contributed by atoms with Crippen LogP contribution in [0, 0.1) is 15.9 Å². The van der Waals surface area contributed by atoms with Crippen LogP contribution >= 0.6 is 35.7 Å². The summed E-state index contributed by atoms with van der Waals surface area (Å²) >= 11 is 1.74. The predicted octanol–water partition coefficient (Wildman–Crippen LogP) is 3.99. The molecule has 2 rings (SSSR count). The van der Waals surface area contributed by atoms with E-state index in [0.717, 1.165) is 29.8 Å². The minimum Gasteiger partial charge on any atom is -0.356 e. The predicted molar refractivity (Wildman–Crippen MR) is 124 cm³/mol. The van der Waals surface area contributed by atoms with Gasteiger partial charge in [0.05, 0.1) is 11.5 Å². The van der Waals surface area contributed by atoms with Crippen LogP contribution in [0.25, 0.3) is 0 Å². The van der Waals surface area contributed by atoms with Crippen LogP contribution in [0.2, 0.25) is 0 Å². The maximum absolute atomic E-state index is 13.0. The normalized spacial score (nSPS) is 10.9. The van der Waals surface area contributed by atoms with Gasteiger partial charge in [0.25, 0.3) is 5.69 Å². The van der Waals surface area contributed by atoms with Crippen molar-refractivity contribution in [3.8, 4) is 0 Å². The van der Waals surface area contributed by atoms with E-state index >= 15 is 0 Å². The van der Waals surface area contributed by atoms with Gasteiger partial charge in [-0.1, -0.05) is 24.3 Å². The van der Waals surface area contributed by atoms with Gasteiger partial charge < -0.3 is 10.6 Å². The lowest BCUT2D eigenvalue weighted by Gasteiger charge is -2.12. The second-order valence-electron chi connectivity index (χ2n) is 5.81. The molecule has 0 spiro atoms. The van der Waals surface area contributed by atoms with E-state index in [0.29, 0.717) is 19.0 Å². The van der Waals surface area contributed by atoms with E-state index < -0.39 is 4.92 Å². The highest BCUT2D eigenvalue weighted by Crippen LogP contribution is 2.12. The van der Waals surface area contributed by atoms with Crippen molar-refractivity contribution in [1.29, 1.82) is 0 Å². The van der Waals surface area contributed by atoms with E-state index in [4.69, 9.17) is 0 Å². The Kier molecular flexibility index (Phi) is 11.5. The molecule has 0 aliphatic carbocycles. The number of nitro benzene ring substituents is 1. The van der Waals surface area contributed by atoms with Gasteiger partial charge in [0, 0.05) is 31.0 Å². The molecule has 0 saturated heterocycles. The molecule has 0 bridgehead atoms. The van der Waals surface area contributed by atoms with E-state index in [1.165, 1.54) is 24.3 Å². The van der Waals surface area contributed by atoms with Crippen molar-refractivity contribution in [2.75, 3.05) is 25.1 Å². The average molecular weight is 518 g/mol. The molecule has 0 aliphatic heterocycles. The number of thioether (sulfide) groups is 1. The smallest absolute Gasteiger partial charge is 0.269 e. The standard InChI is InChI=1S/C19H23FN4O2S.HI/c1-27-13-12-22-19(21-11-10-15-2-6-17(20)7-3-15)23-14-16-4-8-18(9-5-16)24(25)26;/h2-9H,10-14H2,1H3,(H2,21,22,23);1H. The first-order chi connectivity index (χ1) is 13.1. The number of rotatable bonds is 9. The van der Waals surface area contributed by atoms with Gasteiger partial charge in [-0.15, -0.1) is 24.0 Å². The molecule has 0 saturated carbocycles. The van der Waals surface area contributed by atoms with E-state index in [1.54, 1.807) is 36.0 Å². The molecule has 6 nitrogen and oxygen atoms in total. The fourth-order valence-corrected chi connectivity index (χ4v) is 2.62. The van der Waals surface area contributed by atoms with Crippen LogP contribution in [0.15, 0.2) is 53.5 Å². The summed E-state index contributed by atoms with van der Waals surface area (Å²) in [6.45, 7) is 1.87. The number of aliphatic imine (C=N–C) groups is 1. The van der Waals surface area contributed by atoms with Crippen LogP contribution in [-0.4, -0.2) is 36.0 Å². The first-order valence-corrected chi connectivity index (χ1v) is 9.97. The molecule has 9 heteroatoms. The van der Waals surface area contributed by atoms with Gasteiger partial charge in [-0.2, -0.15) is 11.8 Å². The number of guanidine groups is 1. The molecule has 2 N–H and O–H groups in total. The Bertz CT molecular complexity index is 758. The van der Waals surface area contributed by atoms with Crippen molar-refractivity contribution >= 4 is 47.4 Å². The Labute approximate surface area is 185 Å². The second kappa shape index (κ2) is 13.3. The molecule has 2 aromatic carbocycles. The number of benzene rings is 2. The number of hydrogen-bond donors (Lipinski definition) is 2. The van der Waals surface area contributed by atoms with Crippen LogP contribution < -0.4 is 10.6 Å². The Morgan fingerprint density at radius 2 is 1.68 bits per heavy atom. The molecule has 2 aromatic rings. The maximum Gasteiger partial charge on any atom is 0.269 e. The Morgan fingerprint density at radius 3 is 2.29 bits per heavy atom. The van der Waals surface area contributed by atoms with Crippen molar-refractivity contribution < 1.29 is 9.31 Å². The van der Waals surface area contributed by atoms with Crippen LogP contribution in [0.3, 0.4) is 0 Å². The van der Waals surface area contributed by atoms with Gasteiger partial charge in [-0.3, -0.25) is 10.1 Å². The van der Waals surface area contributed by atoms with Gasteiger partial charge in [0.15, 0.2) is 5.96 Å². The van der Waals surface area contributed by atoms with Crippen LogP contribution in [0.4, 0.5) is 10.1 Å². The van der Waals surface area contributed by atoms with Gasteiger partial charge in [-0.25, -0.2) is 9.38 Å². The zero-order valence-electron chi connectivity index (χ0n) is 15.6. The SMILES string of the molecule is CSCCNC(=NCc1ccc([N+](=O)[O-])cc1)NCCc1ccc(F)cc1.I. The van der Waals surface area contributed by atoms with Crippen molar-refractivity contribution in [1.82, 2.24) is 10.6 Å². The molecule has 0 unspecified atom stereocenters. The summed E-state index contributed by atoms with van der Waals surface area (Å²) < 4.78 is 13.0. The summed E-state index contributed by atoms with van der Waals surface area (Å²) in [5.41, 5.74) is 2.01. The van der Waals surface area contributed by atoms with Crippen molar-refractivity contribution in [3.63, 3.8) is 0 Å². The zero-order valence-corrected chi connectivity index (χ0v) is 18.7. The third kappa shape index (κ3) is 8.87. The zero-order chi connectivity index (χ0) is 19.5. The summed E-state index contributed by atoms with van der Waals surface area (Å²) in [5, 5.41) is 17.2. The van der Waals surface area contributed by atoms with Crippen LogP contribution in [0.5, 0.6) is 0 Å². The highest BCUT2D eigenvalue weighted by molar-refractivity contribution is 14.0. The number of nitrogens with one attached hydrogen (secondary N) is 2. The number of nitrogens with zero attached hydrogens (tertiary/aromatic N) is 2. The molecule has 0 atom stereocenters. The fourth-order valence-electron chi connectivity index (χ4n) is 2.32. The number of nitro groups is 1. The number of non-ortho nitro benzene ring substituents is 1. The summed E-state index contributed by atoms with van der Waals surface area (Å²) in [6, 6.07) is 12.8. The summed E-state index contributed by atoms with van der Waals surface area (Å²) in [7, 11) is 0. The highest BCUT2D eigenvalue weighted by atomic mass is 127. The maximum atomic E-state index is 13.0. The first-order valence-electron chi connectivity index (χ1n) is 8.57. The number of halogens is 2. The quantitative estimate of drug-likeness (QED) is 0.131. The van der Waals surface area contributed by atoms with Crippen molar-refractivity contribution in [2.24, 2.45) is 4.99 Å². The molecule has 0 heterocycles. The van der Waals surface area contributed by atoms with Crippen LogP contribution in [0.1, 0.15) is 11.1 Å². The third-order valence-electron chi connectivity index (χ3n) is 3.78. The Hall–Kier alpha value is -1.88. The fraction of sp³-hybridized carbons (Fsp3) is 0.316.